The van der Waals surface area contributed by atoms with Crippen LogP contribution in [0.25, 0.3) is 11.0 Å². The van der Waals surface area contributed by atoms with Crippen LogP contribution >= 0.6 is 11.8 Å². The highest BCUT2D eigenvalue weighted by atomic mass is 32.2. The average molecular weight is 459 g/mol. The Morgan fingerprint density at radius 2 is 1.97 bits per heavy atom. The van der Waals surface area contributed by atoms with Gasteiger partial charge >= 0.3 is 0 Å². The second kappa shape index (κ2) is 11.7. The van der Waals surface area contributed by atoms with Gasteiger partial charge in [0.2, 0.25) is 0 Å². The van der Waals surface area contributed by atoms with E-state index in [9.17, 15) is 4.79 Å². The molecule has 2 aromatic heterocycles. The maximum absolute atomic E-state index is 12.1. The molecule has 9 nitrogen and oxygen atoms in total. The van der Waals surface area contributed by atoms with E-state index in [2.05, 4.69) is 39.5 Å². The van der Waals surface area contributed by atoms with Gasteiger partial charge in [0.1, 0.15) is 11.6 Å². The second-order valence-electron chi connectivity index (χ2n) is 7.50. The average Bonchev–Trinajstić information content (AvgIpc) is 3.16. The molecule has 0 unspecified atom stereocenters. The monoisotopic (exact) mass is 458 g/mol. The topological polar surface area (TPSA) is 103 Å². The van der Waals surface area contributed by atoms with Crippen molar-refractivity contribution in [2.45, 2.75) is 37.7 Å². The van der Waals surface area contributed by atoms with Gasteiger partial charge in [-0.05, 0) is 19.1 Å². The summed E-state index contributed by atoms with van der Waals surface area (Å²) in [5.41, 5.74) is 1.87. The van der Waals surface area contributed by atoms with Gasteiger partial charge in [-0.1, -0.05) is 43.3 Å². The fraction of sp³-hybridized carbons (Fsp3) is 0.455. The summed E-state index contributed by atoms with van der Waals surface area (Å²) in [6.07, 6.45) is 1.75. The zero-order valence-corrected chi connectivity index (χ0v) is 19.7. The first-order valence-corrected chi connectivity index (χ1v) is 11.4. The van der Waals surface area contributed by atoms with E-state index in [1.807, 2.05) is 31.2 Å². The Labute approximate surface area is 192 Å². The van der Waals surface area contributed by atoms with Crippen LogP contribution in [0, 0.1) is 6.92 Å². The molecule has 3 rings (SSSR count). The third-order valence-corrected chi connectivity index (χ3v) is 5.32. The molecule has 0 bridgehead atoms. The number of anilines is 1. The molecule has 0 atom stereocenters. The molecule has 2 heterocycles. The number of rotatable bonds is 12. The molecule has 0 fully saturated rings. The number of amides is 1. The second-order valence-corrected chi connectivity index (χ2v) is 9.04. The summed E-state index contributed by atoms with van der Waals surface area (Å²) in [6.45, 7) is 8.27. The van der Waals surface area contributed by atoms with E-state index >= 15 is 0 Å². The number of benzene rings is 1. The Morgan fingerprint density at radius 3 is 2.69 bits per heavy atom. The van der Waals surface area contributed by atoms with Crippen molar-refractivity contribution in [3.05, 3.63) is 36.0 Å². The van der Waals surface area contributed by atoms with Gasteiger partial charge in [0.05, 0.1) is 24.7 Å². The molecular formula is C22H30N6O3S. The molecule has 0 radical (unpaired) electrons. The lowest BCUT2D eigenvalue weighted by atomic mass is 10.2. The highest BCUT2D eigenvalue weighted by Crippen LogP contribution is 2.26. The minimum Gasteiger partial charge on any atom is -0.484 e. The molecule has 0 aliphatic carbocycles. The molecule has 3 aromatic rings. The Kier molecular flexibility index (Phi) is 8.69. The van der Waals surface area contributed by atoms with Crippen LogP contribution in [0.3, 0.4) is 0 Å². The minimum atomic E-state index is -0.186. The van der Waals surface area contributed by atoms with Crippen LogP contribution in [0.5, 0.6) is 5.75 Å². The van der Waals surface area contributed by atoms with Crippen molar-refractivity contribution in [2.75, 3.05) is 38.7 Å². The van der Waals surface area contributed by atoms with Gasteiger partial charge < -0.3 is 20.1 Å². The van der Waals surface area contributed by atoms with Gasteiger partial charge in [-0.2, -0.15) is 5.10 Å². The normalized spacial score (nSPS) is 11.2. The van der Waals surface area contributed by atoms with Gasteiger partial charge in [-0.25, -0.2) is 14.6 Å². The third-order valence-electron chi connectivity index (χ3n) is 4.45. The van der Waals surface area contributed by atoms with Crippen LogP contribution in [0.2, 0.25) is 0 Å². The predicted octanol–water partition coefficient (Wildman–Crippen LogP) is 2.89. The molecule has 0 aliphatic heterocycles. The van der Waals surface area contributed by atoms with E-state index in [1.165, 1.54) is 0 Å². The molecule has 0 aliphatic rings. The van der Waals surface area contributed by atoms with Crippen molar-refractivity contribution in [2.24, 2.45) is 0 Å². The van der Waals surface area contributed by atoms with Crippen LogP contribution in [-0.4, -0.2) is 64.3 Å². The number of methoxy groups -OCH3 is 1. The molecule has 1 aromatic carbocycles. The number of nitrogens with zero attached hydrogens (tertiary/aromatic N) is 4. The maximum atomic E-state index is 12.1. The minimum absolute atomic E-state index is 0.0339. The fourth-order valence-corrected chi connectivity index (χ4v) is 3.61. The molecule has 1 amide bonds. The summed E-state index contributed by atoms with van der Waals surface area (Å²) in [5.74, 6) is 1.22. The van der Waals surface area contributed by atoms with Crippen LogP contribution in [-0.2, 0) is 16.1 Å². The van der Waals surface area contributed by atoms with Crippen LogP contribution in [0.15, 0.2) is 35.6 Å². The number of thioether (sulfide) groups is 1. The van der Waals surface area contributed by atoms with Crippen LogP contribution in [0.4, 0.5) is 5.82 Å². The summed E-state index contributed by atoms with van der Waals surface area (Å²) in [7, 11) is 1.66. The Morgan fingerprint density at radius 1 is 1.19 bits per heavy atom. The summed E-state index contributed by atoms with van der Waals surface area (Å²) >= 11 is 1.59. The molecule has 0 saturated heterocycles. The van der Waals surface area contributed by atoms with Gasteiger partial charge in [0, 0.05) is 25.4 Å². The van der Waals surface area contributed by atoms with E-state index in [-0.39, 0.29) is 12.5 Å². The molecule has 10 heteroatoms. The van der Waals surface area contributed by atoms with Crippen molar-refractivity contribution in [1.82, 2.24) is 25.1 Å². The summed E-state index contributed by atoms with van der Waals surface area (Å²) in [6, 6.07) is 7.59. The molecule has 0 spiro atoms. The van der Waals surface area contributed by atoms with E-state index in [4.69, 9.17) is 9.47 Å². The first kappa shape index (κ1) is 23.8. The first-order valence-electron chi connectivity index (χ1n) is 10.6. The van der Waals surface area contributed by atoms with E-state index in [0.29, 0.717) is 42.4 Å². The van der Waals surface area contributed by atoms with Gasteiger partial charge in [0.25, 0.3) is 5.91 Å². The third kappa shape index (κ3) is 6.83. The van der Waals surface area contributed by atoms with Gasteiger partial charge in [0.15, 0.2) is 17.4 Å². The Balaban J connectivity index is 1.61. The van der Waals surface area contributed by atoms with Crippen LogP contribution < -0.4 is 15.4 Å². The lowest BCUT2D eigenvalue weighted by molar-refractivity contribution is -0.123. The van der Waals surface area contributed by atoms with Gasteiger partial charge in [-0.3, -0.25) is 4.79 Å². The fourth-order valence-electron chi connectivity index (χ4n) is 2.90. The van der Waals surface area contributed by atoms with E-state index in [1.54, 1.807) is 29.8 Å². The number of aromatic nitrogens is 4. The maximum Gasteiger partial charge on any atom is 0.258 e. The number of ether oxygens (including phenoxy) is 2. The lowest BCUT2D eigenvalue weighted by Crippen LogP contribution is -2.31. The summed E-state index contributed by atoms with van der Waals surface area (Å²) in [5, 5.41) is 12.5. The molecule has 172 valence electrons. The molecule has 32 heavy (non-hydrogen) atoms. The standard InChI is InChI=1S/C22H30N6O3S/c1-15(2)32-22-26-20(24-10-12-30-4)18-13-25-28(21(18)27-22)11-9-23-19(29)14-31-17-7-5-16(3)6-8-17/h5-8,13,15H,9-12,14H2,1-4H3,(H,23,29)(H,24,26,27). The number of hydrogen-bond acceptors (Lipinski definition) is 8. The number of carbonyl (C=O) groups is 1. The van der Waals surface area contributed by atoms with E-state index < -0.39 is 0 Å². The number of hydrogen-bond donors (Lipinski definition) is 2. The zero-order chi connectivity index (χ0) is 22.9. The van der Waals surface area contributed by atoms with Crippen molar-refractivity contribution in [3.63, 3.8) is 0 Å². The Bertz CT molecular complexity index is 1020. The molecule has 0 saturated carbocycles. The van der Waals surface area contributed by atoms with Crippen LogP contribution in [0.1, 0.15) is 19.4 Å². The molecule has 2 N–H and O–H groups in total. The first-order chi connectivity index (χ1) is 15.5. The highest BCUT2D eigenvalue weighted by Gasteiger charge is 2.14. The Hall–Kier alpha value is -2.85. The SMILES string of the molecule is COCCNc1nc(SC(C)C)nc2c1cnn2CCNC(=O)COc1ccc(C)cc1. The number of fused-ring (bicyclic) bond motifs is 1. The van der Waals surface area contributed by atoms with Crippen molar-refractivity contribution < 1.29 is 14.3 Å². The van der Waals surface area contributed by atoms with Crippen molar-refractivity contribution in [1.29, 1.82) is 0 Å². The highest BCUT2D eigenvalue weighted by molar-refractivity contribution is 7.99. The number of nitrogens with one attached hydrogen (secondary N) is 2. The zero-order valence-electron chi connectivity index (χ0n) is 18.9. The van der Waals surface area contributed by atoms with Crippen molar-refractivity contribution in [3.8, 4) is 5.75 Å². The lowest BCUT2D eigenvalue weighted by Gasteiger charge is -2.11. The molecular weight excluding hydrogens is 428 g/mol. The summed E-state index contributed by atoms with van der Waals surface area (Å²) in [4.78, 5) is 21.5. The quantitative estimate of drug-likeness (QED) is 0.243. The predicted molar refractivity (Wildman–Crippen MR) is 126 cm³/mol. The smallest absolute Gasteiger partial charge is 0.258 e. The summed E-state index contributed by atoms with van der Waals surface area (Å²) < 4.78 is 12.4. The largest absolute Gasteiger partial charge is 0.484 e. The number of aryl methyl sites for hydroxylation is 1. The van der Waals surface area contributed by atoms with E-state index in [0.717, 1.165) is 22.4 Å². The van der Waals surface area contributed by atoms with Gasteiger partial charge in [-0.15, -0.1) is 0 Å². The van der Waals surface area contributed by atoms with Crippen molar-refractivity contribution >= 4 is 34.5 Å². The number of carbonyl (C=O) groups excluding carboxylic acids is 1.